The molecule has 0 fully saturated rings. The second-order valence-electron chi connectivity index (χ2n) is 1.67. The van der Waals surface area contributed by atoms with Crippen LogP contribution in [0.25, 0.3) is 0 Å². The van der Waals surface area contributed by atoms with Crippen LogP contribution in [0.5, 0.6) is 0 Å². The Morgan fingerprint density at radius 1 is 1.56 bits per heavy atom. The van der Waals surface area contributed by atoms with Crippen LogP contribution in [-0.4, -0.2) is 25.8 Å². The fourth-order valence-electron chi connectivity index (χ4n) is 0.297. The van der Waals surface area contributed by atoms with E-state index in [1.165, 1.54) is 14.1 Å². The summed E-state index contributed by atoms with van der Waals surface area (Å²) in [6.07, 6.45) is 0. The molecule has 0 aromatic carbocycles. The first-order valence-electron chi connectivity index (χ1n) is 2.07. The molecule has 50 valence electrons. The van der Waals surface area contributed by atoms with Gasteiger partial charge >= 0.3 is 29.6 Å². The minimum absolute atomic E-state index is 0. The van der Waals surface area contributed by atoms with Crippen LogP contribution in [0, 0.1) is 0 Å². The fraction of sp³-hybridized carbons (Fsp3) is 1.00. The van der Waals surface area contributed by atoms with Crippen molar-refractivity contribution in [1.82, 2.24) is 5.06 Å². The van der Waals surface area contributed by atoms with Gasteiger partial charge in [0, 0.05) is 20.8 Å². The first-order chi connectivity index (χ1) is 3.42. The minimum Gasteiger partial charge on any atom is -0.777 e. The van der Waals surface area contributed by atoms with Gasteiger partial charge in [-0.3, -0.25) is 4.62 Å². The van der Waals surface area contributed by atoms with Gasteiger partial charge in [0.05, 0.1) is 0 Å². The van der Waals surface area contributed by atoms with Crippen LogP contribution in [-0.2, 0) is 9.19 Å². The molecule has 0 aliphatic carbocycles. The predicted octanol–water partition coefficient (Wildman–Crippen LogP) is -3.33. The van der Waals surface area contributed by atoms with Crippen LogP contribution in [0.3, 0.4) is 0 Å². The third kappa shape index (κ3) is 12.3. The topological polar surface area (TPSA) is 52.6 Å². The quantitative estimate of drug-likeness (QED) is 0.241. The number of hydrogen-bond acceptors (Lipinski definition) is 4. The van der Waals surface area contributed by atoms with Gasteiger partial charge in [-0.1, -0.05) is 0 Å². The maximum Gasteiger partial charge on any atom is 1.00 e. The molecule has 6 heteroatoms. The number of hydrogen-bond donors (Lipinski definition) is 0. The number of nitrogens with zero attached hydrogens (tertiary/aromatic N) is 1. The maximum absolute atomic E-state index is 10.2. The second-order valence-corrected chi connectivity index (χ2v) is 3.37. The van der Waals surface area contributed by atoms with Gasteiger partial charge in [-0.2, -0.15) is 5.06 Å². The minimum atomic E-state index is -3.55. The summed E-state index contributed by atoms with van der Waals surface area (Å²) in [7, 11) is -0.530. The van der Waals surface area contributed by atoms with E-state index in [1.54, 1.807) is 0 Å². The standard InChI is InChI=1S/C3H10NO3P.Na/c1-4(2)7-8(3,5)6;/h1-3H3,(H,5,6);/q;+1/p-1. The predicted molar refractivity (Wildman–Crippen MR) is 28.3 cm³/mol. The summed E-state index contributed by atoms with van der Waals surface area (Å²) >= 11 is 0. The van der Waals surface area contributed by atoms with Crippen molar-refractivity contribution < 1.29 is 43.6 Å². The van der Waals surface area contributed by atoms with E-state index >= 15 is 0 Å². The summed E-state index contributed by atoms with van der Waals surface area (Å²) in [5.74, 6) is 0. The number of hydroxylamine groups is 2. The molecule has 1 atom stereocenters. The molecule has 0 aliphatic heterocycles. The van der Waals surface area contributed by atoms with Crippen LogP contribution in [0.2, 0.25) is 0 Å². The molecular formula is C3H9NNaO3P. The molecule has 0 saturated heterocycles. The third-order valence-electron chi connectivity index (χ3n) is 0.312. The van der Waals surface area contributed by atoms with Crippen LogP contribution in [0.1, 0.15) is 0 Å². The van der Waals surface area contributed by atoms with Crippen molar-refractivity contribution in [2.75, 3.05) is 20.8 Å². The molecule has 0 bridgehead atoms. The van der Waals surface area contributed by atoms with E-state index < -0.39 is 7.60 Å². The zero-order valence-corrected chi connectivity index (χ0v) is 9.01. The van der Waals surface area contributed by atoms with Gasteiger partial charge in [0.2, 0.25) is 0 Å². The largest absolute Gasteiger partial charge is 1.00 e. The van der Waals surface area contributed by atoms with Gasteiger partial charge in [-0.05, 0) is 0 Å². The number of rotatable bonds is 2. The van der Waals surface area contributed by atoms with Crippen molar-refractivity contribution in [2.45, 2.75) is 0 Å². The molecule has 0 amide bonds. The SMILES string of the molecule is CN(C)OP(C)(=O)[O-].[Na+]. The van der Waals surface area contributed by atoms with Gasteiger partial charge in [0.1, 0.15) is 0 Å². The Kier molecular flexibility index (Phi) is 6.88. The van der Waals surface area contributed by atoms with E-state index in [0.29, 0.717) is 0 Å². The van der Waals surface area contributed by atoms with Crippen molar-refractivity contribution in [3.8, 4) is 0 Å². The Hall–Kier alpha value is 1.11. The molecule has 9 heavy (non-hydrogen) atoms. The molecule has 0 saturated carbocycles. The molecule has 0 rings (SSSR count). The zero-order chi connectivity index (χ0) is 6.78. The molecular weight excluding hydrogens is 152 g/mol. The van der Waals surface area contributed by atoms with Gasteiger partial charge < -0.3 is 9.46 Å². The van der Waals surface area contributed by atoms with Crippen LogP contribution >= 0.6 is 7.60 Å². The van der Waals surface area contributed by atoms with Crippen molar-refractivity contribution in [2.24, 2.45) is 0 Å². The Morgan fingerprint density at radius 3 is 1.89 bits per heavy atom. The van der Waals surface area contributed by atoms with Crippen molar-refractivity contribution in [1.29, 1.82) is 0 Å². The Bertz CT molecular complexity index is 112. The van der Waals surface area contributed by atoms with E-state index in [-0.39, 0.29) is 29.6 Å². The fourth-order valence-corrected chi connectivity index (χ4v) is 0.890. The molecule has 0 heterocycles. The van der Waals surface area contributed by atoms with Gasteiger partial charge in [-0.15, -0.1) is 0 Å². The summed E-state index contributed by atoms with van der Waals surface area (Å²) in [4.78, 5) is 10.2. The van der Waals surface area contributed by atoms with Crippen molar-refractivity contribution >= 4 is 7.60 Å². The molecule has 0 spiro atoms. The first kappa shape index (κ1) is 12.8. The van der Waals surface area contributed by atoms with E-state index in [1.807, 2.05) is 0 Å². The first-order valence-corrected chi connectivity index (χ1v) is 4.06. The molecule has 0 N–H and O–H groups in total. The monoisotopic (exact) mass is 161 g/mol. The zero-order valence-electron chi connectivity index (χ0n) is 6.12. The summed E-state index contributed by atoms with van der Waals surface area (Å²) in [6.45, 7) is 1.02. The van der Waals surface area contributed by atoms with E-state index in [4.69, 9.17) is 0 Å². The summed E-state index contributed by atoms with van der Waals surface area (Å²) in [5.41, 5.74) is 0. The molecule has 0 aliphatic rings. The summed E-state index contributed by atoms with van der Waals surface area (Å²) < 4.78 is 14.5. The molecule has 0 aromatic rings. The van der Waals surface area contributed by atoms with Gasteiger partial charge in [-0.25, -0.2) is 0 Å². The van der Waals surface area contributed by atoms with Crippen molar-refractivity contribution in [3.05, 3.63) is 0 Å². The molecule has 1 unspecified atom stereocenters. The van der Waals surface area contributed by atoms with Gasteiger partial charge in [0.15, 0.2) is 7.60 Å². The second kappa shape index (κ2) is 4.85. The Balaban J connectivity index is 0. The van der Waals surface area contributed by atoms with E-state index in [9.17, 15) is 9.46 Å². The average molecular weight is 161 g/mol. The van der Waals surface area contributed by atoms with E-state index in [0.717, 1.165) is 11.7 Å². The summed E-state index contributed by atoms with van der Waals surface area (Å²) in [5, 5.41) is 1.13. The van der Waals surface area contributed by atoms with Crippen molar-refractivity contribution in [3.63, 3.8) is 0 Å². The van der Waals surface area contributed by atoms with E-state index in [2.05, 4.69) is 4.62 Å². The van der Waals surface area contributed by atoms with Gasteiger partial charge in [0.25, 0.3) is 0 Å². The Morgan fingerprint density at radius 2 is 1.89 bits per heavy atom. The molecule has 0 radical (unpaired) electrons. The molecule has 4 nitrogen and oxygen atoms in total. The molecule has 0 aromatic heterocycles. The smallest absolute Gasteiger partial charge is 0.777 e. The third-order valence-corrected chi connectivity index (χ3v) is 0.935. The average Bonchev–Trinajstić information content (AvgIpc) is 1.21. The van der Waals surface area contributed by atoms with Crippen LogP contribution in [0.4, 0.5) is 0 Å². The van der Waals surface area contributed by atoms with Crippen LogP contribution < -0.4 is 34.5 Å². The Labute approximate surface area is 77.0 Å². The maximum atomic E-state index is 10.2. The normalized spacial score (nSPS) is 16.6. The van der Waals surface area contributed by atoms with Crippen LogP contribution in [0.15, 0.2) is 0 Å². The summed E-state index contributed by atoms with van der Waals surface area (Å²) in [6, 6.07) is 0.